The van der Waals surface area contributed by atoms with Crippen LogP contribution in [0.1, 0.15) is 61.5 Å². The number of anilines is 2. The van der Waals surface area contributed by atoms with Crippen molar-refractivity contribution in [3.05, 3.63) is 41.6 Å². The molecule has 3 N–H and O–H groups in total. The standard InChI is InChI=1S/C20H28N4O3S/c1-2-11-28(26,27)24-17-10-6-9-16(13-17)20(25)21-19-14-18(22-23-19)12-15-7-4-3-5-8-15/h6,9-10,13-15,24H,2-5,7-8,11-12H2,1H3,(H2,21,22,23,25). The number of H-pyrrole nitrogens is 1. The number of amides is 1. The van der Waals surface area contributed by atoms with Crippen molar-refractivity contribution in [2.24, 2.45) is 5.92 Å². The van der Waals surface area contributed by atoms with Crippen LogP contribution in [0.15, 0.2) is 30.3 Å². The van der Waals surface area contributed by atoms with Gasteiger partial charge in [-0.1, -0.05) is 45.1 Å². The van der Waals surface area contributed by atoms with Gasteiger partial charge in [0.2, 0.25) is 10.0 Å². The van der Waals surface area contributed by atoms with Gasteiger partial charge >= 0.3 is 0 Å². The first kappa shape index (κ1) is 20.4. The fraction of sp³-hybridized carbons (Fsp3) is 0.500. The second kappa shape index (κ2) is 9.23. The monoisotopic (exact) mass is 404 g/mol. The summed E-state index contributed by atoms with van der Waals surface area (Å²) in [6.07, 6.45) is 7.90. The fourth-order valence-corrected chi connectivity index (χ4v) is 4.77. The van der Waals surface area contributed by atoms with Crippen molar-refractivity contribution in [3.63, 3.8) is 0 Å². The van der Waals surface area contributed by atoms with Crippen molar-refractivity contribution in [1.29, 1.82) is 0 Å². The van der Waals surface area contributed by atoms with Crippen molar-refractivity contribution in [2.45, 2.75) is 51.9 Å². The Labute approximate surface area is 166 Å². The van der Waals surface area contributed by atoms with Gasteiger partial charge in [-0.2, -0.15) is 5.10 Å². The van der Waals surface area contributed by atoms with Crippen LogP contribution < -0.4 is 10.0 Å². The van der Waals surface area contributed by atoms with Gasteiger partial charge < -0.3 is 5.32 Å². The maximum absolute atomic E-state index is 12.5. The summed E-state index contributed by atoms with van der Waals surface area (Å²) in [5.74, 6) is 0.881. The number of aromatic amines is 1. The van der Waals surface area contributed by atoms with E-state index in [1.165, 1.54) is 38.2 Å². The van der Waals surface area contributed by atoms with Crippen LogP contribution in [0.5, 0.6) is 0 Å². The topological polar surface area (TPSA) is 104 Å². The predicted octanol–water partition coefficient (Wildman–Crippen LogP) is 3.94. The van der Waals surface area contributed by atoms with E-state index in [0.717, 1.165) is 12.1 Å². The van der Waals surface area contributed by atoms with Crippen LogP contribution >= 0.6 is 0 Å². The van der Waals surface area contributed by atoms with Crippen molar-refractivity contribution in [2.75, 3.05) is 15.8 Å². The molecule has 152 valence electrons. The van der Waals surface area contributed by atoms with Crippen molar-refractivity contribution >= 4 is 27.4 Å². The minimum atomic E-state index is -3.40. The van der Waals surface area contributed by atoms with Crippen LogP contribution in [0.3, 0.4) is 0 Å². The molecule has 1 aromatic heterocycles. The van der Waals surface area contributed by atoms with Crippen LogP contribution in [0.2, 0.25) is 0 Å². The smallest absolute Gasteiger partial charge is 0.256 e. The third kappa shape index (κ3) is 5.82. The summed E-state index contributed by atoms with van der Waals surface area (Å²) in [4.78, 5) is 12.5. The van der Waals surface area contributed by atoms with Gasteiger partial charge in [0.1, 0.15) is 0 Å². The first-order valence-electron chi connectivity index (χ1n) is 9.91. The van der Waals surface area contributed by atoms with Crippen LogP contribution in [-0.4, -0.2) is 30.3 Å². The van der Waals surface area contributed by atoms with Gasteiger partial charge in [0.15, 0.2) is 5.82 Å². The highest BCUT2D eigenvalue weighted by molar-refractivity contribution is 7.92. The molecule has 1 amide bonds. The molecule has 1 fully saturated rings. The SMILES string of the molecule is CCCS(=O)(=O)Nc1cccc(C(=O)Nc2cc(CC3CCCCC3)[nH]n2)c1. The number of benzene rings is 1. The maximum Gasteiger partial charge on any atom is 0.256 e. The highest BCUT2D eigenvalue weighted by Gasteiger charge is 2.16. The third-order valence-corrected chi connectivity index (χ3v) is 6.47. The minimum absolute atomic E-state index is 0.0421. The van der Waals surface area contributed by atoms with Gasteiger partial charge in [0, 0.05) is 23.0 Å². The third-order valence-electron chi connectivity index (χ3n) is 4.98. The number of hydrogen-bond acceptors (Lipinski definition) is 4. The number of aromatic nitrogens is 2. The van der Waals surface area contributed by atoms with E-state index in [4.69, 9.17) is 0 Å². The Kier molecular flexibility index (Phi) is 6.72. The number of rotatable bonds is 8. The van der Waals surface area contributed by atoms with E-state index in [-0.39, 0.29) is 11.7 Å². The van der Waals surface area contributed by atoms with Gasteiger partial charge in [-0.25, -0.2) is 8.42 Å². The lowest BCUT2D eigenvalue weighted by atomic mass is 9.86. The molecule has 1 aromatic carbocycles. The van der Waals surface area contributed by atoms with E-state index >= 15 is 0 Å². The Balaban J connectivity index is 1.61. The molecule has 8 heteroatoms. The van der Waals surface area contributed by atoms with Gasteiger partial charge in [0.05, 0.1) is 5.75 Å². The quantitative estimate of drug-likeness (QED) is 0.620. The first-order valence-corrected chi connectivity index (χ1v) is 11.6. The maximum atomic E-state index is 12.5. The Morgan fingerprint density at radius 3 is 2.75 bits per heavy atom. The first-order chi connectivity index (χ1) is 13.4. The van der Waals surface area contributed by atoms with E-state index in [1.54, 1.807) is 25.1 Å². The van der Waals surface area contributed by atoms with E-state index in [2.05, 4.69) is 20.2 Å². The molecular formula is C20H28N4O3S. The molecule has 0 spiro atoms. The van der Waals surface area contributed by atoms with E-state index in [0.29, 0.717) is 29.4 Å². The molecule has 1 aliphatic carbocycles. The zero-order valence-electron chi connectivity index (χ0n) is 16.2. The molecule has 7 nitrogen and oxygen atoms in total. The van der Waals surface area contributed by atoms with Gasteiger partial charge in [-0.15, -0.1) is 0 Å². The summed E-state index contributed by atoms with van der Waals surface area (Å²) in [6.45, 7) is 1.80. The molecule has 1 heterocycles. The highest BCUT2D eigenvalue weighted by atomic mass is 32.2. The largest absolute Gasteiger partial charge is 0.305 e. The van der Waals surface area contributed by atoms with Crippen molar-refractivity contribution in [3.8, 4) is 0 Å². The molecule has 0 unspecified atom stereocenters. The Bertz CT molecular complexity index is 902. The molecule has 0 saturated heterocycles. The summed E-state index contributed by atoms with van der Waals surface area (Å²) in [7, 11) is -3.40. The van der Waals surface area contributed by atoms with Crippen LogP contribution in [0, 0.1) is 5.92 Å². The summed E-state index contributed by atoms with van der Waals surface area (Å²) in [6, 6.07) is 8.32. The van der Waals surface area contributed by atoms with E-state index in [9.17, 15) is 13.2 Å². The zero-order valence-corrected chi connectivity index (χ0v) is 17.0. The number of nitrogens with one attached hydrogen (secondary N) is 3. The minimum Gasteiger partial charge on any atom is -0.305 e. The fourth-order valence-electron chi connectivity index (χ4n) is 3.64. The number of sulfonamides is 1. The van der Waals surface area contributed by atoms with Crippen molar-refractivity contribution in [1.82, 2.24) is 10.2 Å². The number of nitrogens with zero attached hydrogens (tertiary/aromatic N) is 1. The molecule has 1 saturated carbocycles. The van der Waals surface area contributed by atoms with E-state index < -0.39 is 10.0 Å². The highest BCUT2D eigenvalue weighted by Crippen LogP contribution is 2.26. The zero-order chi connectivity index (χ0) is 20.0. The van der Waals surface area contributed by atoms with Gasteiger partial charge in [-0.05, 0) is 37.0 Å². The average Bonchev–Trinajstić information content (AvgIpc) is 3.09. The number of carbonyl (C=O) groups is 1. The average molecular weight is 405 g/mol. The second-order valence-corrected chi connectivity index (χ2v) is 9.28. The molecule has 0 aliphatic heterocycles. The number of carbonyl (C=O) groups excluding carboxylic acids is 1. The van der Waals surface area contributed by atoms with E-state index in [1.807, 2.05) is 6.07 Å². The Morgan fingerprint density at radius 2 is 2.00 bits per heavy atom. The van der Waals surface area contributed by atoms with Gasteiger partial charge in [0.25, 0.3) is 5.91 Å². The summed E-state index contributed by atoms with van der Waals surface area (Å²) in [5.41, 5.74) is 1.78. The predicted molar refractivity (Wildman–Crippen MR) is 111 cm³/mol. The number of hydrogen-bond donors (Lipinski definition) is 3. The molecule has 3 rings (SSSR count). The molecular weight excluding hydrogens is 376 g/mol. The summed E-state index contributed by atoms with van der Waals surface area (Å²) < 4.78 is 26.3. The molecule has 0 radical (unpaired) electrons. The van der Waals surface area contributed by atoms with Crippen LogP contribution in [0.4, 0.5) is 11.5 Å². The van der Waals surface area contributed by atoms with Crippen molar-refractivity contribution < 1.29 is 13.2 Å². The summed E-state index contributed by atoms with van der Waals surface area (Å²) in [5, 5.41) is 9.97. The second-order valence-electron chi connectivity index (χ2n) is 7.44. The molecule has 28 heavy (non-hydrogen) atoms. The van der Waals surface area contributed by atoms with Crippen LogP contribution in [-0.2, 0) is 16.4 Å². The summed E-state index contributed by atoms with van der Waals surface area (Å²) >= 11 is 0. The molecule has 0 bridgehead atoms. The Hall–Kier alpha value is -2.35. The normalized spacial score (nSPS) is 15.3. The Morgan fingerprint density at radius 1 is 1.21 bits per heavy atom. The molecule has 0 atom stereocenters. The lowest BCUT2D eigenvalue weighted by Gasteiger charge is -2.20. The van der Waals surface area contributed by atoms with Gasteiger partial charge in [-0.3, -0.25) is 14.6 Å². The molecule has 1 aliphatic rings. The lowest BCUT2D eigenvalue weighted by molar-refractivity contribution is 0.102. The molecule has 2 aromatic rings. The lowest BCUT2D eigenvalue weighted by Crippen LogP contribution is -2.17. The van der Waals surface area contributed by atoms with Crippen LogP contribution in [0.25, 0.3) is 0 Å².